The van der Waals surface area contributed by atoms with Gasteiger partial charge in [-0.1, -0.05) is 11.3 Å². The van der Waals surface area contributed by atoms with E-state index in [1.807, 2.05) is 6.92 Å². The number of aliphatic hydroxyl groups is 1. The molecule has 3 aliphatic carbocycles. The van der Waals surface area contributed by atoms with Crippen molar-refractivity contribution in [1.29, 1.82) is 5.26 Å². The van der Waals surface area contributed by atoms with Gasteiger partial charge in [0, 0.05) is 22.7 Å². The second kappa shape index (κ2) is 7.44. The van der Waals surface area contributed by atoms with E-state index in [1.54, 1.807) is 40.1 Å². The standard InChI is InChI=1S/C24H24N8O3S2/c1-22(5-6-22)30-37(34,35)16-9-18(31-13-15(11-26-31)23(14-25)7-8-23)17-12-27-32(19(17)10-16)21-29-28-20(36-21)24(33)3-2-4-24/h9-13,30,33H,2-8H2,1H3. The highest BCUT2D eigenvalue weighted by atomic mass is 32.2. The number of nitriles is 1. The first-order valence-electron chi connectivity index (χ1n) is 12.2. The number of hydrogen-bond acceptors (Lipinski definition) is 9. The zero-order chi connectivity index (χ0) is 25.6. The molecule has 0 radical (unpaired) electrons. The summed E-state index contributed by atoms with van der Waals surface area (Å²) in [6.45, 7) is 1.89. The van der Waals surface area contributed by atoms with E-state index in [0.717, 1.165) is 37.7 Å². The van der Waals surface area contributed by atoms with Gasteiger partial charge in [0.25, 0.3) is 0 Å². The quantitative estimate of drug-likeness (QED) is 0.366. The highest BCUT2D eigenvalue weighted by Crippen LogP contribution is 2.48. The Bertz CT molecular complexity index is 1720. The van der Waals surface area contributed by atoms with E-state index in [-0.39, 0.29) is 4.90 Å². The van der Waals surface area contributed by atoms with E-state index < -0.39 is 26.6 Å². The Hall–Kier alpha value is -3.18. The molecule has 0 aliphatic heterocycles. The second-order valence-corrected chi connectivity index (χ2v) is 13.4. The predicted octanol–water partition coefficient (Wildman–Crippen LogP) is 2.82. The number of fused-ring (bicyclic) bond motifs is 1. The normalized spacial score (nSPS) is 20.9. The number of aromatic nitrogens is 6. The molecule has 13 heteroatoms. The maximum atomic E-state index is 13.4. The van der Waals surface area contributed by atoms with Gasteiger partial charge in [-0.15, -0.1) is 10.2 Å². The van der Waals surface area contributed by atoms with Gasteiger partial charge in [-0.25, -0.2) is 22.5 Å². The van der Waals surface area contributed by atoms with Crippen molar-refractivity contribution < 1.29 is 13.5 Å². The van der Waals surface area contributed by atoms with Gasteiger partial charge in [0.2, 0.25) is 15.2 Å². The number of benzene rings is 1. The van der Waals surface area contributed by atoms with Crippen molar-refractivity contribution in [1.82, 2.24) is 34.5 Å². The van der Waals surface area contributed by atoms with Crippen molar-refractivity contribution in [3.63, 3.8) is 0 Å². The van der Waals surface area contributed by atoms with Crippen molar-refractivity contribution in [3.8, 4) is 16.9 Å². The molecule has 3 saturated carbocycles. The highest BCUT2D eigenvalue weighted by Gasteiger charge is 2.46. The van der Waals surface area contributed by atoms with Crippen LogP contribution in [0.15, 0.2) is 35.6 Å². The van der Waals surface area contributed by atoms with Crippen LogP contribution in [0.4, 0.5) is 0 Å². The lowest BCUT2D eigenvalue weighted by Gasteiger charge is -2.33. The Morgan fingerprint density at radius 3 is 2.54 bits per heavy atom. The number of nitrogens with zero attached hydrogens (tertiary/aromatic N) is 7. The van der Waals surface area contributed by atoms with Crippen molar-refractivity contribution in [3.05, 3.63) is 41.3 Å². The van der Waals surface area contributed by atoms with E-state index in [9.17, 15) is 18.8 Å². The fourth-order valence-corrected chi connectivity index (χ4v) is 7.23. The van der Waals surface area contributed by atoms with E-state index in [0.29, 0.717) is 39.6 Å². The number of hydrogen-bond donors (Lipinski definition) is 2. The van der Waals surface area contributed by atoms with Crippen LogP contribution in [0.3, 0.4) is 0 Å². The Morgan fingerprint density at radius 1 is 1.11 bits per heavy atom. The average molecular weight is 537 g/mol. The molecule has 0 atom stereocenters. The molecule has 2 N–H and O–H groups in total. The van der Waals surface area contributed by atoms with Crippen LogP contribution in [-0.2, 0) is 21.0 Å². The van der Waals surface area contributed by atoms with Crippen LogP contribution in [-0.4, -0.2) is 48.8 Å². The first-order chi connectivity index (χ1) is 17.6. The van der Waals surface area contributed by atoms with Crippen molar-refractivity contribution in [2.24, 2.45) is 0 Å². The summed E-state index contributed by atoms with van der Waals surface area (Å²) in [6, 6.07) is 5.55. The topological polar surface area (TPSA) is 152 Å². The lowest BCUT2D eigenvalue weighted by molar-refractivity contribution is -0.0394. The molecule has 4 aromatic rings. The zero-order valence-electron chi connectivity index (χ0n) is 20.0. The number of sulfonamides is 1. The van der Waals surface area contributed by atoms with Crippen molar-refractivity contribution in [2.75, 3.05) is 0 Å². The van der Waals surface area contributed by atoms with Gasteiger partial charge in [0.15, 0.2) is 5.01 Å². The summed E-state index contributed by atoms with van der Waals surface area (Å²) >= 11 is 1.25. The van der Waals surface area contributed by atoms with Gasteiger partial charge < -0.3 is 5.11 Å². The Labute approximate surface area is 216 Å². The first kappa shape index (κ1) is 23.0. The summed E-state index contributed by atoms with van der Waals surface area (Å²) in [4.78, 5) is 0.0886. The molecule has 0 saturated heterocycles. The van der Waals surface area contributed by atoms with Gasteiger partial charge in [-0.3, -0.25) is 0 Å². The number of nitrogens with one attached hydrogen (secondary N) is 1. The minimum absolute atomic E-state index is 0.0886. The third-order valence-corrected chi connectivity index (χ3v) is 10.6. The predicted molar refractivity (Wildman–Crippen MR) is 134 cm³/mol. The van der Waals surface area contributed by atoms with E-state index in [4.69, 9.17) is 0 Å². The zero-order valence-corrected chi connectivity index (χ0v) is 21.7. The summed E-state index contributed by atoms with van der Waals surface area (Å²) < 4.78 is 32.8. The summed E-state index contributed by atoms with van der Waals surface area (Å²) in [5.74, 6) is 0. The van der Waals surface area contributed by atoms with Crippen LogP contribution >= 0.6 is 11.3 Å². The molecule has 1 aromatic carbocycles. The van der Waals surface area contributed by atoms with Gasteiger partial charge in [-0.2, -0.15) is 15.5 Å². The molecule has 37 heavy (non-hydrogen) atoms. The fraction of sp³-hybridized carbons (Fsp3) is 0.458. The molecular formula is C24H24N8O3S2. The summed E-state index contributed by atoms with van der Waals surface area (Å²) in [7, 11) is -3.84. The van der Waals surface area contributed by atoms with Crippen LogP contribution in [0.25, 0.3) is 21.7 Å². The minimum atomic E-state index is -3.84. The molecule has 3 aliphatic rings. The summed E-state index contributed by atoms with van der Waals surface area (Å²) in [6.07, 6.45) is 10.5. The monoisotopic (exact) mass is 536 g/mol. The maximum Gasteiger partial charge on any atom is 0.241 e. The molecule has 190 valence electrons. The molecule has 11 nitrogen and oxygen atoms in total. The van der Waals surface area contributed by atoms with Gasteiger partial charge >= 0.3 is 0 Å². The number of rotatable bonds is 7. The molecule has 0 spiro atoms. The first-order valence-corrected chi connectivity index (χ1v) is 14.5. The van der Waals surface area contributed by atoms with Crippen LogP contribution in [0.2, 0.25) is 0 Å². The molecule has 3 heterocycles. The third-order valence-electron chi connectivity index (χ3n) is 7.85. The largest absolute Gasteiger partial charge is 0.383 e. The van der Waals surface area contributed by atoms with Gasteiger partial charge in [0.05, 0.1) is 40.0 Å². The Morgan fingerprint density at radius 2 is 1.89 bits per heavy atom. The third kappa shape index (κ3) is 3.62. The van der Waals surface area contributed by atoms with Crippen LogP contribution in [0.5, 0.6) is 0 Å². The Kier molecular flexibility index (Phi) is 4.62. The SMILES string of the molecule is CC1(NS(=O)(=O)c2cc(-n3cc(C4(C#N)CC4)cn3)c3cnn(-c4nnc(C5(O)CCC5)s4)c3c2)CC1. The smallest absolute Gasteiger partial charge is 0.241 e. The van der Waals surface area contributed by atoms with Gasteiger partial charge in [0.1, 0.15) is 5.60 Å². The van der Waals surface area contributed by atoms with Crippen molar-refractivity contribution >= 4 is 32.3 Å². The van der Waals surface area contributed by atoms with E-state index >= 15 is 0 Å². The summed E-state index contributed by atoms with van der Waals surface area (Å²) in [5.41, 5.74) is -0.0292. The van der Waals surface area contributed by atoms with E-state index in [1.165, 1.54) is 11.3 Å². The summed E-state index contributed by atoms with van der Waals surface area (Å²) in [5, 5.41) is 39.5. The molecule has 0 unspecified atom stereocenters. The molecule has 0 amide bonds. The second-order valence-electron chi connectivity index (χ2n) is 10.7. The lowest BCUT2D eigenvalue weighted by Crippen LogP contribution is -2.34. The van der Waals surface area contributed by atoms with E-state index in [2.05, 4.69) is 31.2 Å². The molecule has 3 aromatic heterocycles. The van der Waals surface area contributed by atoms with Crippen LogP contribution < -0.4 is 4.72 Å². The minimum Gasteiger partial charge on any atom is -0.383 e. The lowest BCUT2D eigenvalue weighted by atomic mass is 9.81. The highest BCUT2D eigenvalue weighted by molar-refractivity contribution is 7.89. The molecule has 7 rings (SSSR count). The molecule has 3 fully saturated rings. The average Bonchev–Trinajstić information content (AvgIpc) is 3.53. The fourth-order valence-electron chi connectivity index (χ4n) is 4.76. The Balaban J connectivity index is 1.38. The van der Waals surface area contributed by atoms with Crippen LogP contribution in [0, 0.1) is 11.3 Å². The van der Waals surface area contributed by atoms with Gasteiger partial charge in [-0.05, 0) is 64.0 Å². The maximum absolute atomic E-state index is 13.4. The van der Waals surface area contributed by atoms with Crippen molar-refractivity contribution in [2.45, 2.75) is 73.3 Å². The van der Waals surface area contributed by atoms with Crippen LogP contribution in [0.1, 0.15) is 62.4 Å². The molecule has 0 bridgehead atoms. The molecular weight excluding hydrogens is 512 g/mol.